The maximum atomic E-state index is 12.4. The van der Waals surface area contributed by atoms with Crippen LogP contribution in [0.4, 0.5) is 0 Å². The monoisotopic (exact) mass is 251 g/mol. The number of ketones is 1. The SMILES string of the molecule is CC(C)(C)OC(=O)C12CC(=O)CC3CCCC1N32. The first-order chi connectivity index (χ1) is 8.34. The molecule has 3 rings (SSSR count). The maximum Gasteiger partial charge on any atom is 0.329 e. The van der Waals surface area contributed by atoms with Crippen molar-refractivity contribution in [3.8, 4) is 0 Å². The summed E-state index contributed by atoms with van der Waals surface area (Å²) in [5.41, 5.74) is -1.07. The van der Waals surface area contributed by atoms with Gasteiger partial charge in [-0.15, -0.1) is 0 Å². The fourth-order valence-corrected chi connectivity index (χ4v) is 3.79. The summed E-state index contributed by atoms with van der Waals surface area (Å²) < 4.78 is 5.55. The Morgan fingerprint density at radius 3 is 2.78 bits per heavy atom. The Hall–Kier alpha value is -0.900. The Labute approximate surface area is 108 Å². The lowest BCUT2D eigenvalue weighted by Crippen LogP contribution is -2.44. The van der Waals surface area contributed by atoms with Gasteiger partial charge in [0.05, 0.1) is 0 Å². The van der Waals surface area contributed by atoms with E-state index >= 15 is 0 Å². The van der Waals surface area contributed by atoms with Gasteiger partial charge < -0.3 is 4.74 Å². The lowest BCUT2D eigenvalue weighted by Gasteiger charge is -2.30. The molecule has 4 atom stereocenters. The molecule has 3 heterocycles. The minimum absolute atomic E-state index is 0.181. The van der Waals surface area contributed by atoms with Gasteiger partial charge in [-0.25, -0.2) is 4.79 Å². The molecule has 4 unspecified atom stereocenters. The van der Waals surface area contributed by atoms with Crippen LogP contribution in [0.2, 0.25) is 0 Å². The number of ether oxygens (including phenoxy) is 1. The lowest BCUT2D eigenvalue weighted by atomic mass is 9.92. The van der Waals surface area contributed by atoms with Crippen molar-refractivity contribution < 1.29 is 14.3 Å². The summed E-state index contributed by atoms with van der Waals surface area (Å²) in [7, 11) is 0. The topological polar surface area (TPSA) is 46.4 Å². The highest BCUT2D eigenvalue weighted by Gasteiger charge is 2.74. The summed E-state index contributed by atoms with van der Waals surface area (Å²) in [5.74, 6) is 0.0476. The van der Waals surface area contributed by atoms with Gasteiger partial charge in [-0.05, 0) is 33.6 Å². The van der Waals surface area contributed by atoms with Crippen LogP contribution in [0.5, 0.6) is 0 Å². The quantitative estimate of drug-likeness (QED) is 0.525. The van der Waals surface area contributed by atoms with E-state index in [1.54, 1.807) is 0 Å². The summed E-state index contributed by atoms with van der Waals surface area (Å²) >= 11 is 0. The molecule has 3 aliphatic heterocycles. The van der Waals surface area contributed by atoms with Crippen LogP contribution in [0.3, 0.4) is 0 Å². The minimum atomic E-state index is -0.593. The molecule has 3 saturated heterocycles. The standard InChI is InChI=1S/C14H21NO3/c1-13(2,3)18-12(17)14-8-10(16)7-9-5-4-6-11(14)15(9)14/h9,11H,4-8H2,1-3H3. The Morgan fingerprint density at radius 1 is 1.39 bits per heavy atom. The number of rotatable bonds is 1. The van der Waals surface area contributed by atoms with Crippen molar-refractivity contribution in [1.82, 2.24) is 4.90 Å². The van der Waals surface area contributed by atoms with Crippen molar-refractivity contribution in [3.63, 3.8) is 0 Å². The first-order valence-corrected chi connectivity index (χ1v) is 6.88. The van der Waals surface area contributed by atoms with E-state index in [1.165, 1.54) is 0 Å². The third-order valence-corrected chi connectivity index (χ3v) is 4.37. The van der Waals surface area contributed by atoms with Crippen LogP contribution >= 0.6 is 0 Å². The summed E-state index contributed by atoms with van der Waals surface area (Å²) in [6.45, 7) is 5.64. The van der Waals surface area contributed by atoms with Gasteiger partial charge in [0.25, 0.3) is 0 Å². The molecule has 0 aromatic carbocycles. The zero-order valence-electron chi connectivity index (χ0n) is 11.4. The number of carbonyl (C=O) groups is 2. The van der Waals surface area contributed by atoms with Crippen LogP contribution in [0.1, 0.15) is 52.9 Å². The first kappa shape index (κ1) is 12.2. The average Bonchev–Trinajstić information content (AvgIpc) is 2.87. The molecule has 4 nitrogen and oxygen atoms in total. The van der Waals surface area contributed by atoms with Crippen LogP contribution in [-0.4, -0.2) is 39.9 Å². The molecule has 3 aliphatic rings. The molecule has 4 heteroatoms. The predicted molar refractivity (Wildman–Crippen MR) is 66.1 cm³/mol. The first-order valence-electron chi connectivity index (χ1n) is 6.88. The fourth-order valence-electron chi connectivity index (χ4n) is 3.79. The molecule has 0 spiro atoms. The van der Waals surface area contributed by atoms with Gasteiger partial charge in [-0.1, -0.05) is 6.42 Å². The molecular formula is C14H21NO3. The molecule has 0 N–H and O–H groups in total. The van der Waals surface area contributed by atoms with Gasteiger partial charge in [0.2, 0.25) is 0 Å². The number of hydrogen-bond acceptors (Lipinski definition) is 4. The zero-order chi connectivity index (χ0) is 13.1. The normalized spacial score (nSPS) is 42.2. The number of fused-ring (bicyclic) bond motifs is 1. The molecular weight excluding hydrogens is 230 g/mol. The number of nitrogens with zero attached hydrogens (tertiary/aromatic N) is 1. The van der Waals surface area contributed by atoms with Crippen molar-refractivity contribution in [3.05, 3.63) is 0 Å². The molecule has 0 amide bonds. The van der Waals surface area contributed by atoms with Crippen molar-refractivity contribution in [2.24, 2.45) is 0 Å². The van der Waals surface area contributed by atoms with Crippen LogP contribution in [0.25, 0.3) is 0 Å². The van der Waals surface area contributed by atoms with E-state index in [0.29, 0.717) is 12.8 Å². The number of hydrogen-bond donors (Lipinski definition) is 0. The van der Waals surface area contributed by atoms with Crippen LogP contribution in [0, 0.1) is 0 Å². The van der Waals surface area contributed by atoms with E-state index < -0.39 is 11.1 Å². The average molecular weight is 251 g/mol. The van der Waals surface area contributed by atoms with E-state index in [-0.39, 0.29) is 23.8 Å². The lowest BCUT2D eigenvalue weighted by molar-refractivity contribution is -0.162. The predicted octanol–water partition coefficient (Wildman–Crippen LogP) is 1.67. The van der Waals surface area contributed by atoms with E-state index in [2.05, 4.69) is 4.90 Å². The highest BCUT2D eigenvalue weighted by molar-refractivity contribution is 5.96. The maximum absolute atomic E-state index is 12.4. The summed E-state index contributed by atoms with van der Waals surface area (Å²) in [4.78, 5) is 26.6. The number of esters is 1. The molecule has 100 valence electrons. The molecule has 0 aliphatic carbocycles. The van der Waals surface area contributed by atoms with Crippen LogP contribution in [0.15, 0.2) is 0 Å². The second kappa shape index (κ2) is 3.56. The van der Waals surface area contributed by atoms with E-state index in [4.69, 9.17) is 4.74 Å². The minimum Gasteiger partial charge on any atom is -0.459 e. The third kappa shape index (κ3) is 1.62. The zero-order valence-corrected chi connectivity index (χ0v) is 11.4. The molecule has 0 saturated carbocycles. The van der Waals surface area contributed by atoms with Gasteiger partial charge in [-0.3, -0.25) is 9.69 Å². The Bertz CT molecular complexity index is 412. The molecule has 0 aromatic rings. The summed E-state index contributed by atoms with van der Waals surface area (Å²) in [6.07, 6.45) is 4.20. The highest BCUT2D eigenvalue weighted by atomic mass is 16.6. The largest absolute Gasteiger partial charge is 0.459 e. The van der Waals surface area contributed by atoms with Crippen molar-refractivity contribution in [2.75, 3.05) is 0 Å². The molecule has 0 bridgehead atoms. The van der Waals surface area contributed by atoms with E-state index in [9.17, 15) is 9.59 Å². The van der Waals surface area contributed by atoms with Gasteiger partial charge >= 0.3 is 5.97 Å². The van der Waals surface area contributed by atoms with E-state index in [0.717, 1.165) is 19.3 Å². The second-order valence-electron chi connectivity index (χ2n) is 6.85. The summed E-state index contributed by atoms with van der Waals surface area (Å²) in [6, 6.07) is 0.551. The van der Waals surface area contributed by atoms with Gasteiger partial charge in [-0.2, -0.15) is 0 Å². The van der Waals surface area contributed by atoms with Crippen molar-refractivity contribution >= 4 is 11.8 Å². The van der Waals surface area contributed by atoms with Crippen LogP contribution in [-0.2, 0) is 14.3 Å². The van der Waals surface area contributed by atoms with Gasteiger partial charge in [0.1, 0.15) is 16.9 Å². The number of carbonyl (C=O) groups excluding carboxylic acids is 2. The van der Waals surface area contributed by atoms with Gasteiger partial charge in [0.15, 0.2) is 0 Å². The number of piperidine rings is 2. The second-order valence-corrected chi connectivity index (χ2v) is 6.85. The Balaban J connectivity index is 1.86. The van der Waals surface area contributed by atoms with Crippen molar-refractivity contribution in [2.45, 2.75) is 76.1 Å². The Kier molecular flexibility index (Phi) is 2.40. The smallest absolute Gasteiger partial charge is 0.329 e. The molecule has 0 aromatic heterocycles. The number of Topliss-reactive ketones (excluding diaryl/α,β-unsaturated/α-hetero) is 1. The van der Waals surface area contributed by atoms with Crippen LogP contribution < -0.4 is 0 Å². The van der Waals surface area contributed by atoms with Crippen molar-refractivity contribution in [1.29, 1.82) is 0 Å². The summed E-state index contributed by atoms with van der Waals surface area (Å²) in [5, 5.41) is 0. The fraction of sp³-hybridized carbons (Fsp3) is 0.857. The Morgan fingerprint density at radius 2 is 2.11 bits per heavy atom. The molecule has 18 heavy (non-hydrogen) atoms. The highest BCUT2D eigenvalue weighted by Crippen LogP contribution is 2.56. The molecule has 3 fully saturated rings. The third-order valence-electron chi connectivity index (χ3n) is 4.37. The van der Waals surface area contributed by atoms with E-state index in [1.807, 2.05) is 20.8 Å². The molecule has 0 radical (unpaired) electrons. The van der Waals surface area contributed by atoms with Gasteiger partial charge in [0, 0.05) is 24.9 Å².